The van der Waals surface area contributed by atoms with Crippen LogP contribution in [0.15, 0.2) is 24.3 Å². The second-order valence-corrected chi connectivity index (χ2v) is 4.01. The monoisotopic (exact) mass is 227 g/mol. The van der Waals surface area contributed by atoms with Gasteiger partial charge in [0.25, 0.3) is 5.91 Å². The molecule has 0 heterocycles. The minimum Gasteiger partial charge on any atom is -0.336 e. The zero-order valence-corrected chi connectivity index (χ0v) is 9.77. The van der Waals surface area contributed by atoms with Gasteiger partial charge in [-0.15, -0.1) is 0 Å². The van der Waals surface area contributed by atoms with Gasteiger partial charge in [0.15, 0.2) is 0 Å². The Hall–Kier alpha value is -2.33. The molecule has 17 heavy (non-hydrogen) atoms. The smallest absolute Gasteiger partial charge is 0.252 e. The van der Waals surface area contributed by atoms with Crippen LogP contribution in [0, 0.1) is 28.6 Å². The average molecular weight is 227 g/mol. The fourth-order valence-electron chi connectivity index (χ4n) is 1.27. The van der Waals surface area contributed by atoms with E-state index in [1.807, 2.05) is 26.0 Å². The molecule has 0 saturated carbocycles. The van der Waals surface area contributed by atoms with Crippen LogP contribution in [0.3, 0.4) is 0 Å². The van der Waals surface area contributed by atoms with Crippen LogP contribution in [0.4, 0.5) is 0 Å². The quantitative estimate of drug-likeness (QED) is 0.855. The molecule has 0 spiro atoms. The summed E-state index contributed by atoms with van der Waals surface area (Å²) in [6.45, 7) is 3.74. The van der Waals surface area contributed by atoms with Gasteiger partial charge < -0.3 is 5.32 Å². The molecule has 4 heteroatoms. The summed E-state index contributed by atoms with van der Waals surface area (Å²) < 4.78 is 0. The molecule has 0 aliphatic rings. The molecule has 0 fully saturated rings. The normalized spacial score (nSPS) is 11.4. The number of benzene rings is 1. The molecule has 1 rings (SSSR count). The van der Waals surface area contributed by atoms with Crippen LogP contribution < -0.4 is 5.32 Å². The highest BCUT2D eigenvalue weighted by atomic mass is 16.1. The van der Waals surface area contributed by atoms with E-state index >= 15 is 0 Å². The SMILES string of the molecule is CC(C)C(C#N)NC(=O)c1ccc(C#N)cc1. The summed E-state index contributed by atoms with van der Waals surface area (Å²) in [6.07, 6.45) is 0. The number of hydrogen-bond donors (Lipinski definition) is 1. The first kappa shape index (κ1) is 12.7. The fourth-order valence-corrected chi connectivity index (χ4v) is 1.27. The van der Waals surface area contributed by atoms with Crippen molar-refractivity contribution in [3.8, 4) is 12.1 Å². The number of amides is 1. The van der Waals surface area contributed by atoms with E-state index in [1.54, 1.807) is 24.3 Å². The fraction of sp³-hybridized carbons (Fsp3) is 0.308. The van der Waals surface area contributed by atoms with Crippen molar-refractivity contribution in [3.63, 3.8) is 0 Å². The third kappa shape index (κ3) is 3.32. The zero-order chi connectivity index (χ0) is 12.8. The van der Waals surface area contributed by atoms with Gasteiger partial charge in [-0.2, -0.15) is 10.5 Å². The standard InChI is InChI=1S/C13H13N3O/c1-9(2)12(8-15)16-13(17)11-5-3-10(7-14)4-6-11/h3-6,9,12H,1-2H3,(H,16,17). The minimum absolute atomic E-state index is 0.0577. The van der Waals surface area contributed by atoms with Gasteiger partial charge in [0, 0.05) is 5.56 Å². The molecule has 0 aliphatic carbocycles. The number of carbonyl (C=O) groups is 1. The Morgan fingerprint density at radius 1 is 1.24 bits per heavy atom. The predicted octanol–water partition coefficient (Wildman–Crippen LogP) is 1.84. The Morgan fingerprint density at radius 2 is 1.82 bits per heavy atom. The molecule has 0 radical (unpaired) electrons. The van der Waals surface area contributed by atoms with Crippen LogP contribution in [-0.4, -0.2) is 11.9 Å². The van der Waals surface area contributed by atoms with Crippen LogP contribution in [0.25, 0.3) is 0 Å². The number of nitrogens with zero attached hydrogens (tertiary/aromatic N) is 2. The van der Waals surface area contributed by atoms with Crippen molar-refractivity contribution in [2.24, 2.45) is 5.92 Å². The van der Waals surface area contributed by atoms with E-state index in [-0.39, 0.29) is 11.8 Å². The molecule has 4 nitrogen and oxygen atoms in total. The van der Waals surface area contributed by atoms with E-state index in [2.05, 4.69) is 5.32 Å². The number of rotatable bonds is 3. The predicted molar refractivity (Wildman–Crippen MR) is 62.9 cm³/mol. The molecular weight excluding hydrogens is 214 g/mol. The summed E-state index contributed by atoms with van der Waals surface area (Å²) in [7, 11) is 0. The maximum absolute atomic E-state index is 11.8. The van der Waals surface area contributed by atoms with E-state index in [9.17, 15) is 4.79 Å². The Kier molecular flexibility index (Phi) is 4.25. The van der Waals surface area contributed by atoms with E-state index in [1.165, 1.54) is 0 Å². The lowest BCUT2D eigenvalue weighted by molar-refractivity contribution is 0.0937. The first-order valence-electron chi connectivity index (χ1n) is 5.29. The number of nitrogens with one attached hydrogen (secondary N) is 1. The number of hydrogen-bond acceptors (Lipinski definition) is 3. The Balaban J connectivity index is 2.77. The summed E-state index contributed by atoms with van der Waals surface area (Å²) in [5.74, 6) is -0.239. The molecule has 86 valence electrons. The van der Waals surface area contributed by atoms with Gasteiger partial charge in [-0.1, -0.05) is 13.8 Å². The molecule has 1 N–H and O–H groups in total. The van der Waals surface area contributed by atoms with Crippen molar-refractivity contribution in [1.29, 1.82) is 10.5 Å². The molecule has 1 unspecified atom stereocenters. The highest BCUT2D eigenvalue weighted by Gasteiger charge is 2.16. The summed E-state index contributed by atoms with van der Waals surface area (Å²) in [4.78, 5) is 11.8. The zero-order valence-electron chi connectivity index (χ0n) is 9.77. The third-order valence-electron chi connectivity index (χ3n) is 2.37. The van der Waals surface area contributed by atoms with Crippen LogP contribution >= 0.6 is 0 Å². The van der Waals surface area contributed by atoms with Crippen LogP contribution in [-0.2, 0) is 0 Å². The summed E-state index contributed by atoms with van der Waals surface area (Å²) in [5, 5.41) is 20.1. The minimum atomic E-state index is -0.502. The Bertz CT molecular complexity index is 477. The molecule has 1 amide bonds. The van der Waals surface area contributed by atoms with Crippen LogP contribution in [0.5, 0.6) is 0 Å². The van der Waals surface area contributed by atoms with Crippen molar-refractivity contribution >= 4 is 5.91 Å². The molecule has 0 aliphatic heterocycles. The maximum Gasteiger partial charge on any atom is 0.252 e. The lowest BCUT2D eigenvalue weighted by atomic mass is 10.1. The molecule has 0 bridgehead atoms. The number of nitriles is 2. The third-order valence-corrected chi connectivity index (χ3v) is 2.37. The van der Waals surface area contributed by atoms with Gasteiger partial charge in [0.05, 0.1) is 17.7 Å². The summed E-state index contributed by atoms with van der Waals surface area (Å²) >= 11 is 0. The van der Waals surface area contributed by atoms with Gasteiger partial charge in [-0.05, 0) is 30.2 Å². The molecule has 1 aromatic carbocycles. The van der Waals surface area contributed by atoms with Crippen molar-refractivity contribution < 1.29 is 4.79 Å². The summed E-state index contributed by atoms with van der Waals surface area (Å²) in [5.41, 5.74) is 0.951. The molecule has 0 saturated heterocycles. The molecular formula is C13H13N3O. The molecule has 1 atom stereocenters. The van der Waals surface area contributed by atoms with E-state index in [0.717, 1.165) is 0 Å². The van der Waals surface area contributed by atoms with E-state index in [0.29, 0.717) is 11.1 Å². The number of carbonyl (C=O) groups excluding carboxylic acids is 1. The van der Waals surface area contributed by atoms with Gasteiger partial charge in [0.1, 0.15) is 6.04 Å². The van der Waals surface area contributed by atoms with E-state index < -0.39 is 6.04 Å². The highest BCUT2D eigenvalue weighted by molar-refractivity contribution is 5.94. The van der Waals surface area contributed by atoms with Crippen molar-refractivity contribution in [3.05, 3.63) is 35.4 Å². The molecule has 0 aromatic heterocycles. The largest absolute Gasteiger partial charge is 0.336 e. The first-order valence-corrected chi connectivity index (χ1v) is 5.29. The van der Waals surface area contributed by atoms with Gasteiger partial charge in [-0.25, -0.2) is 0 Å². The van der Waals surface area contributed by atoms with Crippen molar-refractivity contribution in [2.75, 3.05) is 0 Å². The van der Waals surface area contributed by atoms with Crippen molar-refractivity contribution in [1.82, 2.24) is 5.32 Å². The second kappa shape index (κ2) is 5.67. The van der Waals surface area contributed by atoms with Crippen LogP contribution in [0.2, 0.25) is 0 Å². The van der Waals surface area contributed by atoms with Gasteiger partial charge >= 0.3 is 0 Å². The average Bonchev–Trinajstić information content (AvgIpc) is 2.35. The Morgan fingerprint density at radius 3 is 2.24 bits per heavy atom. The topological polar surface area (TPSA) is 76.7 Å². The Labute approximate surface area is 100 Å². The lowest BCUT2D eigenvalue weighted by Crippen LogP contribution is -2.37. The van der Waals surface area contributed by atoms with Gasteiger partial charge in [0.2, 0.25) is 0 Å². The van der Waals surface area contributed by atoms with Crippen molar-refractivity contribution in [2.45, 2.75) is 19.9 Å². The summed E-state index contributed by atoms with van der Waals surface area (Å²) in [6, 6.07) is 9.81. The maximum atomic E-state index is 11.8. The first-order chi connectivity index (χ1) is 8.08. The highest BCUT2D eigenvalue weighted by Crippen LogP contribution is 2.06. The molecule has 1 aromatic rings. The lowest BCUT2D eigenvalue weighted by Gasteiger charge is -2.14. The van der Waals surface area contributed by atoms with Gasteiger partial charge in [-0.3, -0.25) is 4.79 Å². The van der Waals surface area contributed by atoms with Crippen LogP contribution in [0.1, 0.15) is 29.8 Å². The second-order valence-electron chi connectivity index (χ2n) is 4.01. The van der Waals surface area contributed by atoms with E-state index in [4.69, 9.17) is 10.5 Å².